The zero-order chi connectivity index (χ0) is 23.8. The first kappa shape index (κ1) is 24.6. The number of hydrogen-bond donors (Lipinski definition) is 2. The van der Waals surface area contributed by atoms with Crippen molar-refractivity contribution in [2.75, 3.05) is 23.4 Å². The minimum absolute atomic E-state index is 0.00532. The van der Waals surface area contributed by atoms with Crippen molar-refractivity contribution >= 4 is 50.1 Å². The number of primary sulfonamides is 1. The fourth-order valence-electron chi connectivity index (χ4n) is 2.90. The number of thioether (sulfide) groups is 1. The summed E-state index contributed by atoms with van der Waals surface area (Å²) in [7, 11) is -3.74. The number of nitrogens with two attached hydrogens (primary N) is 1. The summed E-state index contributed by atoms with van der Waals surface area (Å²) in [6, 6.07) is 19.1. The summed E-state index contributed by atoms with van der Waals surface area (Å²) in [5, 5.41) is 9.87. The molecule has 3 aromatic rings. The van der Waals surface area contributed by atoms with Gasteiger partial charge in [0.05, 0.1) is 17.3 Å². The first-order valence-electron chi connectivity index (χ1n) is 10.0. The van der Waals surface area contributed by atoms with E-state index in [0.29, 0.717) is 23.8 Å². The molecule has 1 amide bonds. The summed E-state index contributed by atoms with van der Waals surface area (Å²) >= 11 is 1.30. The lowest BCUT2D eigenvalue weighted by Gasteiger charge is -2.14. The first-order valence-corrected chi connectivity index (χ1v) is 12.7. The number of fused-ring (bicyclic) bond motifs is 1. The van der Waals surface area contributed by atoms with Gasteiger partial charge in [0.15, 0.2) is 6.10 Å². The Morgan fingerprint density at radius 1 is 1.03 bits per heavy atom. The number of ether oxygens (including phenoxy) is 2. The Hall–Kier alpha value is -3.08. The molecular weight excluding hydrogens is 464 g/mol. The van der Waals surface area contributed by atoms with Crippen LogP contribution in [0.5, 0.6) is 5.75 Å². The molecule has 0 fully saturated rings. The van der Waals surface area contributed by atoms with Gasteiger partial charge in [-0.3, -0.25) is 9.59 Å². The molecule has 0 aliphatic carbocycles. The SMILES string of the molecule is C[C@H](OC(=O)CSCCOc1ccc(S(N)(=O)=O)cc1)C(=O)Nc1ccc2ccccc2c1. The number of esters is 1. The fraction of sp³-hybridized carbons (Fsp3) is 0.217. The molecule has 1 atom stereocenters. The molecular formula is C23H24N2O6S2. The number of rotatable bonds is 10. The molecule has 33 heavy (non-hydrogen) atoms. The van der Waals surface area contributed by atoms with Crippen molar-refractivity contribution in [3.05, 3.63) is 66.7 Å². The lowest BCUT2D eigenvalue weighted by Crippen LogP contribution is -2.30. The van der Waals surface area contributed by atoms with Gasteiger partial charge in [-0.05, 0) is 54.1 Å². The van der Waals surface area contributed by atoms with Gasteiger partial charge in [-0.2, -0.15) is 0 Å². The standard InChI is InChI=1S/C23H24N2O6S2/c1-16(23(27)25-19-7-6-17-4-2-3-5-18(17)14-19)31-22(26)15-32-13-12-30-20-8-10-21(11-9-20)33(24,28)29/h2-11,14,16H,12-13,15H2,1H3,(H,25,27)(H2,24,28,29)/t16-/m0/s1. The third kappa shape index (κ3) is 7.48. The van der Waals surface area contributed by atoms with Gasteiger partial charge in [0.2, 0.25) is 10.0 Å². The lowest BCUT2D eigenvalue weighted by atomic mass is 10.1. The van der Waals surface area contributed by atoms with Crippen molar-refractivity contribution in [3.63, 3.8) is 0 Å². The van der Waals surface area contributed by atoms with Gasteiger partial charge >= 0.3 is 5.97 Å². The lowest BCUT2D eigenvalue weighted by molar-refractivity contribution is -0.150. The van der Waals surface area contributed by atoms with E-state index in [2.05, 4.69) is 5.32 Å². The van der Waals surface area contributed by atoms with Gasteiger partial charge in [-0.1, -0.05) is 30.3 Å². The van der Waals surface area contributed by atoms with E-state index < -0.39 is 28.0 Å². The van der Waals surface area contributed by atoms with E-state index in [0.717, 1.165) is 10.8 Å². The number of benzene rings is 3. The summed E-state index contributed by atoms with van der Waals surface area (Å²) < 4.78 is 33.2. The third-order valence-electron chi connectivity index (χ3n) is 4.56. The average molecular weight is 489 g/mol. The van der Waals surface area contributed by atoms with Gasteiger partial charge in [0, 0.05) is 11.4 Å². The highest BCUT2D eigenvalue weighted by Crippen LogP contribution is 2.19. The Morgan fingerprint density at radius 3 is 2.42 bits per heavy atom. The van der Waals surface area contributed by atoms with Crippen LogP contribution in [0, 0.1) is 0 Å². The number of sulfonamides is 1. The quantitative estimate of drug-likeness (QED) is 0.332. The molecule has 0 aliphatic heterocycles. The van der Waals surface area contributed by atoms with E-state index in [1.165, 1.54) is 43.0 Å². The van der Waals surface area contributed by atoms with Crippen LogP contribution in [0.15, 0.2) is 71.6 Å². The predicted molar refractivity (Wildman–Crippen MR) is 129 cm³/mol. The summed E-state index contributed by atoms with van der Waals surface area (Å²) in [5.41, 5.74) is 0.630. The van der Waals surface area contributed by atoms with Gasteiger partial charge in [0.1, 0.15) is 5.75 Å². The molecule has 3 rings (SSSR count). The fourth-order valence-corrected chi connectivity index (χ4v) is 3.99. The number of nitrogens with one attached hydrogen (secondary N) is 1. The van der Waals surface area contributed by atoms with Crippen molar-refractivity contribution in [1.82, 2.24) is 0 Å². The Labute approximate surface area is 196 Å². The average Bonchev–Trinajstić information content (AvgIpc) is 2.78. The molecule has 0 aromatic heterocycles. The number of carbonyl (C=O) groups excluding carboxylic acids is 2. The Balaban J connectivity index is 1.36. The van der Waals surface area contributed by atoms with E-state index in [1.54, 1.807) is 6.07 Å². The summed E-state index contributed by atoms with van der Waals surface area (Å²) in [4.78, 5) is 24.4. The maximum Gasteiger partial charge on any atom is 0.316 e. The van der Waals surface area contributed by atoms with E-state index in [4.69, 9.17) is 14.6 Å². The highest BCUT2D eigenvalue weighted by Gasteiger charge is 2.18. The van der Waals surface area contributed by atoms with Crippen LogP contribution in [-0.2, 0) is 24.3 Å². The molecule has 0 unspecified atom stereocenters. The summed E-state index contributed by atoms with van der Waals surface area (Å²) in [5.74, 6) is 0.156. The molecule has 0 bridgehead atoms. The molecule has 0 saturated heterocycles. The topological polar surface area (TPSA) is 125 Å². The minimum Gasteiger partial charge on any atom is -0.493 e. The van der Waals surface area contributed by atoms with Crippen LogP contribution in [0.3, 0.4) is 0 Å². The van der Waals surface area contributed by atoms with Crippen molar-refractivity contribution in [1.29, 1.82) is 0 Å². The van der Waals surface area contributed by atoms with Crippen LogP contribution >= 0.6 is 11.8 Å². The van der Waals surface area contributed by atoms with E-state index in [9.17, 15) is 18.0 Å². The normalized spacial score (nSPS) is 12.2. The highest BCUT2D eigenvalue weighted by atomic mass is 32.2. The van der Waals surface area contributed by atoms with Gasteiger partial charge in [0.25, 0.3) is 5.91 Å². The number of hydrogen-bond acceptors (Lipinski definition) is 7. The molecule has 0 aliphatic rings. The second kappa shape index (κ2) is 11.2. The zero-order valence-electron chi connectivity index (χ0n) is 17.9. The first-order chi connectivity index (χ1) is 15.7. The van der Waals surface area contributed by atoms with Crippen LogP contribution in [0.25, 0.3) is 10.8 Å². The number of carbonyl (C=O) groups is 2. The monoisotopic (exact) mass is 488 g/mol. The van der Waals surface area contributed by atoms with Crippen LogP contribution in [0.2, 0.25) is 0 Å². The third-order valence-corrected chi connectivity index (χ3v) is 6.39. The predicted octanol–water partition coefficient (Wildman–Crippen LogP) is 3.17. The van der Waals surface area contributed by atoms with E-state index in [1.807, 2.05) is 36.4 Å². The Kier molecular flexibility index (Phi) is 8.32. The van der Waals surface area contributed by atoms with Crippen molar-refractivity contribution in [3.8, 4) is 5.75 Å². The summed E-state index contributed by atoms with van der Waals surface area (Å²) in [6.07, 6.45) is -0.932. The molecule has 0 saturated carbocycles. The molecule has 0 radical (unpaired) electrons. The maximum atomic E-state index is 12.3. The van der Waals surface area contributed by atoms with Gasteiger partial charge < -0.3 is 14.8 Å². The smallest absolute Gasteiger partial charge is 0.316 e. The molecule has 0 spiro atoms. The highest BCUT2D eigenvalue weighted by molar-refractivity contribution is 7.99. The minimum atomic E-state index is -3.74. The molecule has 8 nitrogen and oxygen atoms in total. The van der Waals surface area contributed by atoms with Gasteiger partial charge in [-0.25, -0.2) is 13.6 Å². The van der Waals surface area contributed by atoms with E-state index >= 15 is 0 Å². The Bertz CT molecular complexity index is 1230. The second-order valence-corrected chi connectivity index (χ2v) is 9.77. The van der Waals surface area contributed by atoms with Crippen LogP contribution < -0.4 is 15.2 Å². The molecule has 10 heteroatoms. The summed E-state index contributed by atoms with van der Waals surface area (Å²) in [6.45, 7) is 1.83. The van der Waals surface area contributed by atoms with Gasteiger partial charge in [-0.15, -0.1) is 11.8 Å². The van der Waals surface area contributed by atoms with Crippen molar-refractivity contribution in [2.45, 2.75) is 17.9 Å². The molecule has 174 valence electrons. The largest absolute Gasteiger partial charge is 0.493 e. The zero-order valence-corrected chi connectivity index (χ0v) is 19.5. The number of amides is 1. The van der Waals surface area contributed by atoms with E-state index in [-0.39, 0.29) is 10.6 Å². The van der Waals surface area contributed by atoms with Crippen LogP contribution in [-0.4, -0.2) is 44.5 Å². The maximum absolute atomic E-state index is 12.3. The van der Waals surface area contributed by atoms with Crippen LogP contribution in [0.4, 0.5) is 5.69 Å². The van der Waals surface area contributed by atoms with Crippen molar-refractivity contribution < 1.29 is 27.5 Å². The Morgan fingerprint density at radius 2 is 1.73 bits per heavy atom. The molecule has 0 heterocycles. The number of anilines is 1. The second-order valence-electron chi connectivity index (χ2n) is 7.10. The van der Waals surface area contributed by atoms with Crippen LogP contribution in [0.1, 0.15) is 6.92 Å². The molecule has 3 N–H and O–H groups in total. The molecule has 3 aromatic carbocycles. The van der Waals surface area contributed by atoms with Crippen molar-refractivity contribution in [2.24, 2.45) is 5.14 Å².